The first-order chi connectivity index (χ1) is 11.2. The molecule has 1 aliphatic carbocycles. The molecule has 0 saturated carbocycles. The fourth-order valence-corrected chi connectivity index (χ4v) is 3.58. The molecular formula is C19H19O3S-. The van der Waals surface area contributed by atoms with Gasteiger partial charge in [0.05, 0.1) is 7.11 Å². The van der Waals surface area contributed by atoms with Crippen LogP contribution in [0.5, 0.6) is 5.75 Å². The Hall–Kier alpha value is -1.91. The number of hydrogen-bond acceptors (Lipinski definition) is 3. The minimum Gasteiger partial charge on any atom is -0.772 e. The molecule has 0 fully saturated rings. The Morgan fingerprint density at radius 2 is 1.48 bits per heavy atom. The lowest BCUT2D eigenvalue weighted by molar-refractivity contribution is 0.415. The number of methoxy groups -OCH3 is 1. The third-order valence-corrected chi connectivity index (χ3v) is 4.81. The Balaban J connectivity index is 1.90. The van der Waals surface area contributed by atoms with Crippen molar-refractivity contribution in [2.24, 2.45) is 0 Å². The van der Waals surface area contributed by atoms with Crippen molar-refractivity contribution in [3.8, 4) is 5.75 Å². The first-order valence-corrected chi connectivity index (χ1v) is 8.93. The summed E-state index contributed by atoms with van der Waals surface area (Å²) in [6, 6.07) is 16.1. The summed E-state index contributed by atoms with van der Waals surface area (Å²) in [5.74, 6) is 0.939. The van der Waals surface area contributed by atoms with Crippen molar-refractivity contribution in [1.29, 1.82) is 0 Å². The van der Waals surface area contributed by atoms with Gasteiger partial charge in [0.25, 0.3) is 0 Å². The molecule has 0 saturated heterocycles. The van der Waals surface area contributed by atoms with E-state index in [4.69, 9.17) is 4.74 Å². The zero-order chi connectivity index (χ0) is 16.2. The molecule has 3 rings (SSSR count). The van der Waals surface area contributed by atoms with Crippen LogP contribution in [0.2, 0.25) is 0 Å². The van der Waals surface area contributed by atoms with Gasteiger partial charge in [-0.3, -0.25) is 4.21 Å². The van der Waals surface area contributed by atoms with Crippen molar-refractivity contribution in [2.75, 3.05) is 7.11 Å². The SMILES string of the molecule is COc1ccc(C2=C(c3ccc(CS(=O)[O-])cc3)CCC2)cc1. The number of rotatable bonds is 5. The van der Waals surface area contributed by atoms with Gasteiger partial charge in [0, 0.05) is 5.75 Å². The van der Waals surface area contributed by atoms with Crippen molar-refractivity contribution >= 4 is 22.2 Å². The van der Waals surface area contributed by atoms with E-state index in [0.29, 0.717) is 0 Å². The van der Waals surface area contributed by atoms with Crippen LogP contribution in [0.4, 0.5) is 0 Å². The molecule has 120 valence electrons. The maximum atomic E-state index is 10.8. The molecule has 3 nitrogen and oxygen atoms in total. The lowest BCUT2D eigenvalue weighted by Crippen LogP contribution is -1.94. The Kier molecular flexibility index (Phi) is 4.94. The molecule has 4 heteroatoms. The van der Waals surface area contributed by atoms with E-state index in [1.807, 2.05) is 36.4 Å². The lowest BCUT2D eigenvalue weighted by Gasteiger charge is -2.11. The zero-order valence-corrected chi connectivity index (χ0v) is 13.9. The van der Waals surface area contributed by atoms with Gasteiger partial charge in [-0.2, -0.15) is 0 Å². The van der Waals surface area contributed by atoms with Crippen molar-refractivity contribution in [3.63, 3.8) is 0 Å². The summed E-state index contributed by atoms with van der Waals surface area (Å²) in [5, 5.41) is 0. The van der Waals surface area contributed by atoms with Gasteiger partial charge in [-0.15, -0.1) is 0 Å². The second-order valence-electron chi connectivity index (χ2n) is 5.68. The van der Waals surface area contributed by atoms with E-state index in [-0.39, 0.29) is 5.75 Å². The van der Waals surface area contributed by atoms with Crippen LogP contribution in [0.1, 0.15) is 36.0 Å². The molecule has 0 aliphatic heterocycles. The molecule has 0 radical (unpaired) electrons. The average molecular weight is 327 g/mol. The van der Waals surface area contributed by atoms with Crippen LogP contribution < -0.4 is 4.74 Å². The van der Waals surface area contributed by atoms with Crippen LogP contribution in [-0.2, 0) is 16.8 Å². The normalized spacial score (nSPS) is 15.7. The van der Waals surface area contributed by atoms with Crippen LogP contribution >= 0.6 is 0 Å². The van der Waals surface area contributed by atoms with Crippen molar-refractivity contribution < 1.29 is 13.5 Å². The van der Waals surface area contributed by atoms with Gasteiger partial charge < -0.3 is 9.29 Å². The summed E-state index contributed by atoms with van der Waals surface area (Å²) in [5.41, 5.74) is 6.00. The van der Waals surface area contributed by atoms with Crippen LogP contribution in [0.3, 0.4) is 0 Å². The smallest absolute Gasteiger partial charge is 0.118 e. The second kappa shape index (κ2) is 7.11. The largest absolute Gasteiger partial charge is 0.772 e. The minimum absolute atomic E-state index is 0.0741. The first kappa shape index (κ1) is 16.0. The summed E-state index contributed by atoms with van der Waals surface area (Å²) >= 11 is -2.04. The highest BCUT2D eigenvalue weighted by molar-refractivity contribution is 7.78. The molecule has 2 aromatic carbocycles. The van der Waals surface area contributed by atoms with Gasteiger partial charge in [-0.25, -0.2) is 0 Å². The molecule has 23 heavy (non-hydrogen) atoms. The lowest BCUT2D eigenvalue weighted by atomic mass is 9.96. The van der Waals surface area contributed by atoms with Gasteiger partial charge in [-0.1, -0.05) is 47.5 Å². The van der Waals surface area contributed by atoms with E-state index in [2.05, 4.69) is 12.1 Å². The monoisotopic (exact) mass is 327 g/mol. The molecule has 2 aromatic rings. The van der Waals surface area contributed by atoms with Crippen molar-refractivity contribution in [1.82, 2.24) is 0 Å². The zero-order valence-electron chi connectivity index (χ0n) is 13.1. The van der Waals surface area contributed by atoms with Gasteiger partial charge in [0.2, 0.25) is 0 Å². The Labute approximate surface area is 139 Å². The quantitative estimate of drug-likeness (QED) is 0.775. The highest BCUT2D eigenvalue weighted by Crippen LogP contribution is 2.40. The van der Waals surface area contributed by atoms with Gasteiger partial charge in [-0.05, 0) is 59.2 Å². The minimum atomic E-state index is -2.04. The van der Waals surface area contributed by atoms with Gasteiger partial charge in [0.15, 0.2) is 0 Å². The van der Waals surface area contributed by atoms with Gasteiger partial charge >= 0.3 is 0 Å². The summed E-state index contributed by atoms with van der Waals surface area (Å²) in [4.78, 5) is 0. The molecule has 0 aromatic heterocycles. The molecule has 1 aliphatic rings. The fraction of sp³-hybridized carbons (Fsp3) is 0.263. The molecular weight excluding hydrogens is 308 g/mol. The van der Waals surface area contributed by atoms with Crippen LogP contribution in [0.15, 0.2) is 48.5 Å². The molecule has 0 spiro atoms. The third kappa shape index (κ3) is 3.71. The summed E-state index contributed by atoms with van der Waals surface area (Å²) in [6.07, 6.45) is 3.30. The maximum Gasteiger partial charge on any atom is 0.118 e. The molecule has 0 amide bonds. The summed E-state index contributed by atoms with van der Waals surface area (Å²) in [6.45, 7) is 0. The summed E-state index contributed by atoms with van der Waals surface area (Å²) < 4.78 is 26.8. The fourth-order valence-electron chi connectivity index (χ4n) is 3.11. The van der Waals surface area contributed by atoms with Crippen LogP contribution in [-0.4, -0.2) is 15.9 Å². The molecule has 0 N–H and O–H groups in total. The predicted octanol–water partition coefficient (Wildman–Crippen LogP) is 4.17. The number of benzene rings is 2. The van der Waals surface area contributed by atoms with E-state index in [9.17, 15) is 8.76 Å². The third-order valence-electron chi connectivity index (χ3n) is 4.24. The van der Waals surface area contributed by atoms with Gasteiger partial charge in [0.1, 0.15) is 5.75 Å². The Morgan fingerprint density at radius 3 is 1.96 bits per heavy atom. The highest BCUT2D eigenvalue weighted by atomic mass is 32.2. The molecule has 0 bridgehead atoms. The number of allylic oxidation sites excluding steroid dienone is 2. The Morgan fingerprint density at radius 1 is 0.957 bits per heavy atom. The van der Waals surface area contributed by atoms with E-state index in [0.717, 1.165) is 30.6 Å². The van der Waals surface area contributed by atoms with Crippen LogP contribution in [0.25, 0.3) is 11.1 Å². The number of ether oxygens (including phenoxy) is 1. The van der Waals surface area contributed by atoms with Crippen molar-refractivity contribution in [3.05, 3.63) is 65.2 Å². The molecule has 0 heterocycles. The highest BCUT2D eigenvalue weighted by Gasteiger charge is 2.17. The van der Waals surface area contributed by atoms with E-state index >= 15 is 0 Å². The number of hydrogen-bond donors (Lipinski definition) is 0. The van der Waals surface area contributed by atoms with Crippen LogP contribution in [0, 0.1) is 0 Å². The van der Waals surface area contributed by atoms with Crippen molar-refractivity contribution in [2.45, 2.75) is 25.0 Å². The maximum absolute atomic E-state index is 10.8. The average Bonchev–Trinajstić information content (AvgIpc) is 3.05. The van der Waals surface area contributed by atoms with E-state index in [1.165, 1.54) is 22.3 Å². The molecule has 1 unspecified atom stereocenters. The first-order valence-electron chi connectivity index (χ1n) is 7.69. The Bertz CT molecular complexity index is 730. The molecule has 1 atom stereocenters. The summed E-state index contributed by atoms with van der Waals surface area (Å²) in [7, 11) is 1.67. The van der Waals surface area contributed by atoms with E-state index < -0.39 is 11.1 Å². The standard InChI is InChI=1S/C19H20O3S/c1-22-17-11-9-16(10-12-17)19-4-2-3-18(19)15-7-5-14(6-8-15)13-23(20)21/h5-12H,2-4,13H2,1H3,(H,20,21)/p-1. The topological polar surface area (TPSA) is 49.4 Å². The predicted molar refractivity (Wildman–Crippen MR) is 92.7 cm³/mol. The second-order valence-corrected chi connectivity index (χ2v) is 6.58. The van der Waals surface area contributed by atoms with E-state index in [1.54, 1.807) is 7.11 Å².